The van der Waals surface area contributed by atoms with Crippen LogP contribution in [0.5, 0.6) is 11.5 Å². The first-order valence-corrected chi connectivity index (χ1v) is 8.55. The normalized spacial score (nSPS) is 9.96. The number of hydrogen-bond acceptors (Lipinski definition) is 6. The Morgan fingerprint density at radius 2 is 1.82 bits per heavy atom. The molecule has 28 heavy (non-hydrogen) atoms. The van der Waals surface area contributed by atoms with Crippen LogP contribution < -0.4 is 20.1 Å². The van der Waals surface area contributed by atoms with Gasteiger partial charge in [-0.15, -0.1) is 0 Å². The number of benzene rings is 2. The third-order valence-electron chi connectivity index (χ3n) is 3.55. The van der Waals surface area contributed by atoms with Crippen molar-refractivity contribution < 1.29 is 28.6 Å². The number of urea groups is 1. The van der Waals surface area contributed by atoms with Gasteiger partial charge in [-0.3, -0.25) is 10.1 Å². The molecule has 2 aromatic carbocycles. The molecule has 0 heterocycles. The Kier molecular flexibility index (Phi) is 7.65. The number of imide groups is 1. The van der Waals surface area contributed by atoms with Gasteiger partial charge < -0.3 is 19.5 Å². The Morgan fingerprint density at radius 3 is 2.50 bits per heavy atom. The number of nitrogens with one attached hydrogen (secondary N) is 2. The van der Waals surface area contributed by atoms with Crippen LogP contribution in [0.1, 0.15) is 15.9 Å². The maximum Gasteiger partial charge on any atom is 0.338 e. The molecule has 0 saturated carbocycles. The van der Waals surface area contributed by atoms with Crippen molar-refractivity contribution >= 4 is 29.5 Å². The van der Waals surface area contributed by atoms with Crippen molar-refractivity contribution in [1.29, 1.82) is 0 Å². The second kappa shape index (κ2) is 10.2. The maximum atomic E-state index is 12.1. The highest BCUT2D eigenvalue weighted by molar-refractivity contribution is 6.31. The summed E-state index contributed by atoms with van der Waals surface area (Å²) >= 11 is 6.10. The number of ether oxygens (including phenoxy) is 3. The average molecular weight is 407 g/mol. The summed E-state index contributed by atoms with van der Waals surface area (Å²) in [4.78, 5) is 34.6. The summed E-state index contributed by atoms with van der Waals surface area (Å²) in [6.45, 7) is -0.376. The quantitative estimate of drug-likeness (QED) is 0.685. The zero-order valence-electron chi connectivity index (χ0n) is 15.3. The Bertz CT molecular complexity index is 871. The minimum atomic E-state index is -0.751. The second-order valence-electron chi connectivity index (χ2n) is 5.45. The summed E-state index contributed by atoms with van der Waals surface area (Å²) in [5.41, 5.74) is 0.964. The fraction of sp³-hybridized carbons (Fsp3) is 0.211. The van der Waals surface area contributed by atoms with E-state index >= 15 is 0 Å². The van der Waals surface area contributed by atoms with E-state index in [9.17, 15) is 14.4 Å². The van der Waals surface area contributed by atoms with Gasteiger partial charge >= 0.3 is 12.0 Å². The molecule has 0 bridgehead atoms. The molecule has 148 valence electrons. The number of hydrogen-bond donors (Lipinski definition) is 2. The topological polar surface area (TPSA) is 103 Å². The number of carbonyl (C=O) groups excluding carboxylic acids is 3. The molecule has 8 nitrogen and oxygen atoms in total. The van der Waals surface area contributed by atoms with Gasteiger partial charge in [-0.2, -0.15) is 0 Å². The van der Waals surface area contributed by atoms with Crippen molar-refractivity contribution in [3.63, 3.8) is 0 Å². The molecule has 0 atom stereocenters. The van der Waals surface area contributed by atoms with Crippen LogP contribution in [0.4, 0.5) is 4.79 Å². The lowest BCUT2D eigenvalue weighted by molar-refractivity contribution is -0.123. The Morgan fingerprint density at radius 1 is 1.07 bits per heavy atom. The molecule has 2 N–H and O–H groups in total. The monoisotopic (exact) mass is 406 g/mol. The van der Waals surface area contributed by atoms with Crippen LogP contribution in [0.15, 0.2) is 42.5 Å². The molecule has 9 heteroatoms. The molecule has 0 aromatic heterocycles. The molecule has 0 aliphatic rings. The predicted octanol–water partition coefficient (Wildman–Crippen LogP) is 2.54. The highest BCUT2D eigenvalue weighted by Crippen LogP contribution is 2.29. The number of methoxy groups -OCH3 is 1. The van der Waals surface area contributed by atoms with E-state index in [1.54, 1.807) is 12.1 Å². The molecule has 0 aliphatic heterocycles. The van der Waals surface area contributed by atoms with Crippen molar-refractivity contribution in [1.82, 2.24) is 10.6 Å². The van der Waals surface area contributed by atoms with Crippen molar-refractivity contribution in [3.05, 3.63) is 58.6 Å². The second-order valence-corrected chi connectivity index (χ2v) is 5.86. The summed E-state index contributed by atoms with van der Waals surface area (Å²) < 4.78 is 15.8. The van der Waals surface area contributed by atoms with Crippen molar-refractivity contribution in [2.75, 3.05) is 20.8 Å². The van der Waals surface area contributed by atoms with E-state index in [2.05, 4.69) is 5.32 Å². The van der Waals surface area contributed by atoms with Gasteiger partial charge in [0.15, 0.2) is 18.1 Å². The molecular weight excluding hydrogens is 388 g/mol. The first-order valence-electron chi connectivity index (χ1n) is 8.17. The van der Waals surface area contributed by atoms with Crippen LogP contribution in [0.3, 0.4) is 0 Å². The molecule has 0 radical (unpaired) electrons. The molecular formula is C19H19ClN2O6. The summed E-state index contributed by atoms with van der Waals surface area (Å²) in [5, 5.41) is 4.78. The van der Waals surface area contributed by atoms with Gasteiger partial charge in [0.05, 0.1) is 12.7 Å². The van der Waals surface area contributed by atoms with Gasteiger partial charge in [-0.25, -0.2) is 9.59 Å². The summed E-state index contributed by atoms with van der Waals surface area (Å²) in [6, 6.07) is 11.0. The van der Waals surface area contributed by atoms with Crippen LogP contribution in [0.2, 0.25) is 5.02 Å². The number of amides is 3. The van der Waals surface area contributed by atoms with Gasteiger partial charge in [-0.1, -0.05) is 29.8 Å². The summed E-state index contributed by atoms with van der Waals surface area (Å²) in [5.74, 6) is -0.769. The highest BCUT2D eigenvalue weighted by Gasteiger charge is 2.15. The third kappa shape index (κ3) is 5.88. The fourth-order valence-corrected chi connectivity index (χ4v) is 2.31. The van der Waals surface area contributed by atoms with E-state index in [-0.39, 0.29) is 12.2 Å². The van der Waals surface area contributed by atoms with E-state index in [0.29, 0.717) is 16.5 Å². The van der Waals surface area contributed by atoms with Gasteiger partial charge in [0.2, 0.25) is 0 Å². The molecule has 3 amide bonds. The average Bonchev–Trinajstić information content (AvgIpc) is 2.71. The third-order valence-corrected chi connectivity index (χ3v) is 3.92. The molecule has 0 unspecified atom stereocenters. The molecule has 0 aliphatic carbocycles. The zero-order chi connectivity index (χ0) is 20.5. The molecule has 2 aromatic rings. The fourth-order valence-electron chi connectivity index (χ4n) is 2.12. The Balaban J connectivity index is 1.99. The van der Waals surface area contributed by atoms with E-state index in [1.165, 1.54) is 26.3 Å². The van der Waals surface area contributed by atoms with Crippen molar-refractivity contribution in [2.24, 2.45) is 0 Å². The smallest absolute Gasteiger partial charge is 0.338 e. The largest absolute Gasteiger partial charge is 0.493 e. The number of esters is 1. The molecule has 0 fully saturated rings. The first-order chi connectivity index (χ1) is 13.4. The van der Waals surface area contributed by atoms with Crippen LogP contribution in [0.25, 0.3) is 0 Å². The first kappa shape index (κ1) is 21.0. The van der Waals surface area contributed by atoms with E-state index in [1.807, 2.05) is 23.5 Å². The standard InChI is InChI=1S/C19H19ClN2O6/c1-21-19(25)22-17(23)11-28-18(24)12-7-8-15(16(9-12)26-2)27-10-13-5-3-4-6-14(13)20/h3-9H,10-11H2,1-2H3,(H2,21,22,23,25). The molecule has 0 saturated heterocycles. The van der Waals surface area contributed by atoms with E-state index in [4.69, 9.17) is 25.8 Å². The van der Waals surface area contributed by atoms with Crippen LogP contribution >= 0.6 is 11.6 Å². The Labute approximate surface area is 166 Å². The lowest BCUT2D eigenvalue weighted by Crippen LogP contribution is -2.39. The van der Waals surface area contributed by atoms with Crippen LogP contribution in [0, 0.1) is 0 Å². The van der Waals surface area contributed by atoms with Crippen molar-refractivity contribution in [3.8, 4) is 11.5 Å². The van der Waals surface area contributed by atoms with Gasteiger partial charge in [-0.05, 0) is 24.3 Å². The summed E-state index contributed by atoms with van der Waals surface area (Å²) in [6.07, 6.45) is 0. The number of rotatable bonds is 7. The van der Waals surface area contributed by atoms with Gasteiger partial charge in [0.1, 0.15) is 6.61 Å². The Hall–Kier alpha value is -3.26. The van der Waals surface area contributed by atoms with E-state index < -0.39 is 24.5 Å². The van der Waals surface area contributed by atoms with Crippen LogP contribution in [-0.4, -0.2) is 38.7 Å². The highest BCUT2D eigenvalue weighted by atomic mass is 35.5. The maximum absolute atomic E-state index is 12.1. The van der Waals surface area contributed by atoms with E-state index in [0.717, 1.165) is 5.56 Å². The predicted molar refractivity (Wildman–Crippen MR) is 102 cm³/mol. The van der Waals surface area contributed by atoms with Crippen molar-refractivity contribution in [2.45, 2.75) is 6.61 Å². The number of carbonyl (C=O) groups is 3. The van der Waals surface area contributed by atoms with Gasteiger partial charge in [0, 0.05) is 17.6 Å². The summed E-state index contributed by atoms with van der Waals surface area (Å²) in [7, 11) is 2.79. The zero-order valence-corrected chi connectivity index (χ0v) is 16.0. The van der Waals surface area contributed by atoms with Gasteiger partial charge in [0.25, 0.3) is 5.91 Å². The molecule has 0 spiro atoms. The molecule has 2 rings (SSSR count). The minimum Gasteiger partial charge on any atom is -0.493 e. The van der Waals surface area contributed by atoms with Crippen LogP contribution in [-0.2, 0) is 16.1 Å². The lowest BCUT2D eigenvalue weighted by Gasteiger charge is -2.13. The SMILES string of the molecule is CNC(=O)NC(=O)COC(=O)c1ccc(OCc2ccccc2Cl)c(OC)c1. The lowest BCUT2D eigenvalue weighted by atomic mass is 10.2. The number of halogens is 1. The minimum absolute atomic E-state index is 0.162.